The Balaban J connectivity index is 2.03. The standard InChI is InChI=1S/C17H17BrO2/c1-12(2)15-6-3-13(4-7-15)11-20-17-8-5-14(10-19)9-16(17)18/h3-10,12H,11H2,1-2H3. The van der Waals surface area contributed by atoms with Gasteiger partial charge in [0.25, 0.3) is 0 Å². The molecule has 0 aliphatic carbocycles. The zero-order valence-corrected chi connectivity index (χ0v) is 13.2. The minimum Gasteiger partial charge on any atom is -0.488 e. The number of hydrogen-bond donors (Lipinski definition) is 0. The van der Waals surface area contributed by atoms with Gasteiger partial charge in [0.1, 0.15) is 18.6 Å². The van der Waals surface area contributed by atoms with Gasteiger partial charge in [-0.25, -0.2) is 0 Å². The quantitative estimate of drug-likeness (QED) is 0.723. The second kappa shape index (κ2) is 6.71. The number of ether oxygens (including phenoxy) is 1. The van der Waals surface area contributed by atoms with Crippen LogP contribution in [0.2, 0.25) is 0 Å². The van der Waals surface area contributed by atoms with Crippen LogP contribution >= 0.6 is 15.9 Å². The van der Waals surface area contributed by atoms with Crippen LogP contribution in [0.1, 0.15) is 41.3 Å². The van der Waals surface area contributed by atoms with Crippen molar-refractivity contribution in [2.24, 2.45) is 0 Å². The molecule has 0 bridgehead atoms. The summed E-state index contributed by atoms with van der Waals surface area (Å²) in [6.45, 7) is 4.87. The van der Waals surface area contributed by atoms with E-state index in [1.807, 2.05) is 0 Å². The van der Waals surface area contributed by atoms with E-state index in [0.717, 1.165) is 22.1 Å². The van der Waals surface area contributed by atoms with Crippen molar-refractivity contribution in [3.8, 4) is 5.75 Å². The van der Waals surface area contributed by atoms with Crippen LogP contribution in [-0.2, 0) is 6.61 Å². The lowest BCUT2D eigenvalue weighted by atomic mass is 10.0. The van der Waals surface area contributed by atoms with Crippen molar-refractivity contribution in [3.63, 3.8) is 0 Å². The Morgan fingerprint density at radius 2 is 1.85 bits per heavy atom. The maximum atomic E-state index is 10.7. The summed E-state index contributed by atoms with van der Waals surface area (Å²) in [5, 5.41) is 0. The van der Waals surface area contributed by atoms with E-state index in [2.05, 4.69) is 54.0 Å². The van der Waals surface area contributed by atoms with Gasteiger partial charge in [-0.05, 0) is 51.2 Å². The normalized spacial score (nSPS) is 10.6. The van der Waals surface area contributed by atoms with E-state index in [4.69, 9.17) is 4.74 Å². The Morgan fingerprint density at radius 1 is 1.15 bits per heavy atom. The number of hydrogen-bond acceptors (Lipinski definition) is 2. The van der Waals surface area contributed by atoms with Crippen LogP contribution < -0.4 is 4.74 Å². The fraction of sp³-hybridized carbons (Fsp3) is 0.235. The van der Waals surface area contributed by atoms with Crippen molar-refractivity contribution in [1.29, 1.82) is 0 Å². The molecule has 2 aromatic rings. The molecule has 20 heavy (non-hydrogen) atoms. The third-order valence-corrected chi connectivity index (χ3v) is 3.75. The van der Waals surface area contributed by atoms with Gasteiger partial charge in [-0.1, -0.05) is 38.1 Å². The van der Waals surface area contributed by atoms with E-state index < -0.39 is 0 Å². The van der Waals surface area contributed by atoms with E-state index in [1.165, 1.54) is 5.56 Å². The van der Waals surface area contributed by atoms with Gasteiger partial charge in [0.15, 0.2) is 0 Å². The van der Waals surface area contributed by atoms with Crippen molar-refractivity contribution in [2.75, 3.05) is 0 Å². The third kappa shape index (κ3) is 3.70. The molecule has 2 nitrogen and oxygen atoms in total. The molecule has 0 N–H and O–H groups in total. The lowest BCUT2D eigenvalue weighted by molar-refractivity contribution is 0.112. The molecule has 3 heteroatoms. The maximum absolute atomic E-state index is 10.7. The number of benzene rings is 2. The first kappa shape index (κ1) is 14.8. The fourth-order valence-electron chi connectivity index (χ4n) is 1.87. The average molecular weight is 333 g/mol. The second-order valence-electron chi connectivity index (χ2n) is 4.99. The summed E-state index contributed by atoms with van der Waals surface area (Å²) in [7, 11) is 0. The van der Waals surface area contributed by atoms with Gasteiger partial charge in [0, 0.05) is 5.56 Å². The molecular weight excluding hydrogens is 316 g/mol. The van der Waals surface area contributed by atoms with Crippen LogP contribution in [0.15, 0.2) is 46.9 Å². The van der Waals surface area contributed by atoms with E-state index in [1.54, 1.807) is 18.2 Å². The van der Waals surface area contributed by atoms with Crippen LogP contribution in [0.4, 0.5) is 0 Å². The largest absolute Gasteiger partial charge is 0.488 e. The van der Waals surface area contributed by atoms with Crippen molar-refractivity contribution in [1.82, 2.24) is 0 Å². The molecule has 0 saturated heterocycles. The molecule has 2 rings (SSSR count). The lowest BCUT2D eigenvalue weighted by Crippen LogP contribution is -1.97. The molecule has 2 aromatic carbocycles. The molecule has 0 amide bonds. The summed E-state index contributed by atoms with van der Waals surface area (Å²) in [6, 6.07) is 13.7. The molecule has 0 aliphatic rings. The van der Waals surface area contributed by atoms with Gasteiger partial charge in [-0.2, -0.15) is 0 Å². The first-order valence-electron chi connectivity index (χ1n) is 6.56. The van der Waals surface area contributed by atoms with Gasteiger partial charge < -0.3 is 4.74 Å². The zero-order valence-electron chi connectivity index (χ0n) is 11.6. The topological polar surface area (TPSA) is 26.3 Å². The third-order valence-electron chi connectivity index (χ3n) is 3.13. The summed E-state index contributed by atoms with van der Waals surface area (Å²) < 4.78 is 6.55. The van der Waals surface area contributed by atoms with Crippen LogP contribution in [-0.4, -0.2) is 6.29 Å². The summed E-state index contributed by atoms with van der Waals surface area (Å²) >= 11 is 3.41. The molecule has 0 saturated carbocycles. The number of aldehydes is 1. The Kier molecular flexibility index (Phi) is 4.96. The molecule has 0 unspecified atom stereocenters. The minimum atomic E-state index is 0.511. The molecular formula is C17H17BrO2. The highest BCUT2D eigenvalue weighted by molar-refractivity contribution is 9.10. The number of halogens is 1. The van der Waals surface area contributed by atoms with Gasteiger partial charge >= 0.3 is 0 Å². The lowest BCUT2D eigenvalue weighted by Gasteiger charge is -2.10. The van der Waals surface area contributed by atoms with Crippen molar-refractivity contribution in [2.45, 2.75) is 26.4 Å². The van der Waals surface area contributed by atoms with E-state index in [-0.39, 0.29) is 0 Å². The molecule has 0 aliphatic heterocycles. The Morgan fingerprint density at radius 3 is 2.40 bits per heavy atom. The van der Waals surface area contributed by atoms with Crippen molar-refractivity contribution >= 4 is 22.2 Å². The van der Waals surface area contributed by atoms with Crippen LogP contribution in [0.25, 0.3) is 0 Å². The highest BCUT2D eigenvalue weighted by Gasteiger charge is 2.04. The van der Waals surface area contributed by atoms with Crippen LogP contribution in [0.5, 0.6) is 5.75 Å². The average Bonchev–Trinajstić information content (AvgIpc) is 2.46. The molecule has 0 radical (unpaired) electrons. The van der Waals surface area contributed by atoms with E-state index >= 15 is 0 Å². The predicted molar refractivity (Wildman–Crippen MR) is 84.4 cm³/mol. The molecule has 0 fully saturated rings. The summed E-state index contributed by atoms with van der Waals surface area (Å²) in [6.07, 6.45) is 0.819. The van der Waals surface area contributed by atoms with Crippen LogP contribution in [0, 0.1) is 0 Å². The number of rotatable bonds is 5. The Hall–Kier alpha value is -1.61. The van der Waals surface area contributed by atoms with Gasteiger partial charge in [-0.3, -0.25) is 4.79 Å². The Bertz CT molecular complexity index is 588. The first-order chi connectivity index (χ1) is 9.60. The SMILES string of the molecule is CC(C)c1ccc(COc2ccc(C=O)cc2Br)cc1. The second-order valence-corrected chi connectivity index (χ2v) is 5.85. The summed E-state index contributed by atoms with van der Waals surface area (Å²) in [4.78, 5) is 10.7. The fourth-order valence-corrected chi connectivity index (χ4v) is 2.38. The summed E-state index contributed by atoms with van der Waals surface area (Å²) in [5.41, 5.74) is 3.08. The van der Waals surface area contributed by atoms with Gasteiger partial charge in [0.05, 0.1) is 4.47 Å². The molecule has 0 heterocycles. The van der Waals surface area contributed by atoms with Crippen molar-refractivity contribution < 1.29 is 9.53 Å². The molecule has 0 aromatic heterocycles. The number of carbonyl (C=O) groups excluding carboxylic acids is 1. The smallest absolute Gasteiger partial charge is 0.150 e. The number of carbonyl (C=O) groups is 1. The Labute approximate surface area is 127 Å². The monoisotopic (exact) mass is 332 g/mol. The zero-order chi connectivity index (χ0) is 14.5. The van der Waals surface area contributed by atoms with E-state index in [0.29, 0.717) is 18.1 Å². The predicted octanol–water partition coefficient (Wildman–Crippen LogP) is 4.96. The maximum Gasteiger partial charge on any atom is 0.150 e. The molecule has 0 spiro atoms. The van der Waals surface area contributed by atoms with Crippen LogP contribution in [0.3, 0.4) is 0 Å². The molecule has 104 valence electrons. The van der Waals surface area contributed by atoms with E-state index in [9.17, 15) is 4.79 Å². The highest BCUT2D eigenvalue weighted by Crippen LogP contribution is 2.26. The van der Waals surface area contributed by atoms with Crippen molar-refractivity contribution in [3.05, 3.63) is 63.6 Å². The van der Waals surface area contributed by atoms with Gasteiger partial charge in [0.2, 0.25) is 0 Å². The highest BCUT2D eigenvalue weighted by atomic mass is 79.9. The van der Waals surface area contributed by atoms with Gasteiger partial charge in [-0.15, -0.1) is 0 Å². The molecule has 0 atom stereocenters. The minimum absolute atomic E-state index is 0.511. The first-order valence-corrected chi connectivity index (χ1v) is 7.36. The summed E-state index contributed by atoms with van der Waals surface area (Å²) in [5.74, 6) is 1.28.